The summed E-state index contributed by atoms with van der Waals surface area (Å²) in [6.45, 7) is 0. The van der Waals surface area contributed by atoms with Gasteiger partial charge in [-0.3, -0.25) is 14.9 Å². The van der Waals surface area contributed by atoms with Gasteiger partial charge < -0.3 is 4.57 Å². The molecule has 0 spiro atoms. The van der Waals surface area contributed by atoms with E-state index in [1.165, 1.54) is 35.2 Å². The minimum atomic E-state index is -0.435. The van der Waals surface area contributed by atoms with Crippen LogP contribution in [-0.2, 0) is 7.05 Å². The highest BCUT2D eigenvalue weighted by Gasteiger charge is 2.13. The Morgan fingerprint density at radius 2 is 2.04 bits per heavy atom. The Hall–Kier alpha value is -2.45. The van der Waals surface area contributed by atoms with Crippen molar-refractivity contribution in [3.05, 3.63) is 62.9 Å². The van der Waals surface area contributed by atoms with E-state index in [4.69, 9.17) is 0 Å². The maximum Gasteiger partial charge on any atom is 0.280 e. The second-order valence-electron chi connectivity index (χ2n) is 4.97. The van der Waals surface area contributed by atoms with E-state index in [1.54, 1.807) is 29.8 Å². The average Bonchev–Trinajstić information content (AvgIpc) is 2.90. The quantitative estimate of drug-likeness (QED) is 0.407. The molecule has 0 atom stereocenters. The van der Waals surface area contributed by atoms with E-state index in [9.17, 15) is 14.9 Å². The normalized spacial score (nSPS) is 11.8. The maximum absolute atomic E-state index is 12.5. The lowest BCUT2D eigenvalue weighted by molar-refractivity contribution is -0.384. The van der Waals surface area contributed by atoms with E-state index in [-0.39, 0.29) is 11.6 Å². The molecule has 0 aliphatic heterocycles. The number of carbonyl (C=O) groups is 1. The molecule has 2 aromatic carbocycles. The van der Waals surface area contributed by atoms with Gasteiger partial charge in [-0.25, -0.2) is 0 Å². The van der Waals surface area contributed by atoms with Gasteiger partial charge in [-0.2, -0.15) is 4.99 Å². The lowest BCUT2D eigenvalue weighted by Gasteiger charge is -2.02. The summed E-state index contributed by atoms with van der Waals surface area (Å²) in [6, 6.07) is 11.9. The Morgan fingerprint density at radius 3 is 2.75 bits per heavy atom. The number of fused-ring (bicyclic) bond motifs is 1. The Morgan fingerprint density at radius 1 is 1.29 bits per heavy atom. The third-order valence-corrected chi connectivity index (χ3v) is 5.43. The molecule has 0 saturated heterocycles. The second kappa shape index (κ2) is 6.58. The van der Waals surface area contributed by atoms with Crippen LogP contribution in [0.5, 0.6) is 0 Å². The summed E-state index contributed by atoms with van der Waals surface area (Å²) in [5, 5.41) is 10.9. The highest BCUT2D eigenvalue weighted by Crippen LogP contribution is 2.23. The molecule has 0 radical (unpaired) electrons. The van der Waals surface area contributed by atoms with Crippen molar-refractivity contribution in [2.75, 3.05) is 6.26 Å². The average molecular weight is 359 g/mol. The van der Waals surface area contributed by atoms with Gasteiger partial charge in [0.1, 0.15) is 0 Å². The van der Waals surface area contributed by atoms with Crippen LogP contribution in [0.3, 0.4) is 0 Å². The van der Waals surface area contributed by atoms with Crippen molar-refractivity contribution in [1.82, 2.24) is 4.57 Å². The first-order chi connectivity index (χ1) is 11.5. The number of thioether (sulfide) groups is 1. The summed E-state index contributed by atoms with van der Waals surface area (Å²) in [5.74, 6) is -0.323. The number of nitrogens with zero attached hydrogens (tertiary/aromatic N) is 3. The van der Waals surface area contributed by atoms with Gasteiger partial charge in [0, 0.05) is 24.1 Å². The molecule has 6 nitrogen and oxygen atoms in total. The molecule has 1 aromatic heterocycles. The van der Waals surface area contributed by atoms with Crippen molar-refractivity contribution in [1.29, 1.82) is 0 Å². The van der Waals surface area contributed by atoms with Crippen LogP contribution in [0.15, 0.2) is 52.4 Å². The Labute approximate surface area is 145 Å². The predicted molar refractivity (Wildman–Crippen MR) is 95.6 cm³/mol. The van der Waals surface area contributed by atoms with Crippen molar-refractivity contribution in [2.24, 2.45) is 12.0 Å². The summed E-state index contributed by atoms with van der Waals surface area (Å²) in [7, 11) is 1.79. The van der Waals surface area contributed by atoms with E-state index >= 15 is 0 Å². The fourth-order valence-corrected chi connectivity index (χ4v) is 3.95. The molecule has 0 saturated carbocycles. The van der Waals surface area contributed by atoms with E-state index in [1.807, 2.05) is 18.4 Å². The van der Waals surface area contributed by atoms with Gasteiger partial charge in [-0.1, -0.05) is 23.5 Å². The fraction of sp³-hybridized carbons (Fsp3) is 0.125. The number of amides is 1. The van der Waals surface area contributed by atoms with Gasteiger partial charge in [0.15, 0.2) is 4.80 Å². The molecular weight excluding hydrogens is 346 g/mol. The molecule has 8 heteroatoms. The Balaban J connectivity index is 2.11. The molecule has 0 unspecified atom stereocenters. The van der Waals surface area contributed by atoms with Crippen LogP contribution in [0.4, 0.5) is 5.69 Å². The number of aryl methyl sites for hydroxylation is 1. The van der Waals surface area contributed by atoms with Crippen LogP contribution < -0.4 is 4.80 Å². The van der Waals surface area contributed by atoms with Crippen molar-refractivity contribution in [3.63, 3.8) is 0 Å². The van der Waals surface area contributed by atoms with E-state index < -0.39 is 4.92 Å². The van der Waals surface area contributed by atoms with Crippen molar-refractivity contribution >= 4 is 44.9 Å². The summed E-state index contributed by atoms with van der Waals surface area (Å²) in [5.41, 5.74) is 1.37. The van der Waals surface area contributed by atoms with Gasteiger partial charge >= 0.3 is 0 Å². The molecule has 0 N–H and O–H groups in total. The third-order valence-electron chi connectivity index (χ3n) is 3.54. The highest BCUT2D eigenvalue weighted by molar-refractivity contribution is 7.98. The first-order valence-electron chi connectivity index (χ1n) is 6.97. The molecule has 0 bridgehead atoms. The number of nitro groups is 1. The molecule has 24 heavy (non-hydrogen) atoms. The van der Waals surface area contributed by atoms with Crippen molar-refractivity contribution in [2.45, 2.75) is 4.90 Å². The number of hydrogen-bond donors (Lipinski definition) is 0. The van der Waals surface area contributed by atoms with Crippen molar-refractivity contribution < 1.29 is 9.72 Å². The smallest absolute Gasteiger partial charge is 0.280 e. The van der Waals surface area contributed by atoms with E-state index in [0.29, 0.717) is 10.4 Å². The largest absolute Gasteiger partial charge is 0.319 e. The number of hydrogen-bond acceptors (Lipinski definition) is 5. The number of benzene rings is 2. The Kier molecular flexibility index (Phi) is 4.50. The van der Waals surface area contributed by atoms with Crippen LogP contribution in [0.1, 0.15) is 10.4 Å². The summed E-state index contributed by atoms with van der Waals surface area (Å²) >= 11 is 2.75. The molecule has 1 amide bonds. The van der Waals surface area contributed by atoms with E-state index in [0.717, 1.165) is 15.1 Å². The van der Waals surface area contributed by atoms with Gasteiger partial charge in [-0.05, 0) is 24.5 Å². The summed E-state index contributed by atoms with van der Waals surface area (Å²) < 4.78 is 2.49. The SMILES string of the molecule is CSc1ccccc1C(=O)N=c1sc2cc([N+](=O)[O-])ccc2n1C. The van der Waals surface area contributed by atoms with Gasteiger partial charge in [0.25, 0.3) is 11.6 Å². The van der Waals surface area contributed by atoms with E-state index in [2.05, 4.69) is 4.99 Å². The molecular formula is C16H13N3O3S2. The zero-order chi connectivity index (χ0) is 17.3. The maximum atomic E-state index is 12.5. The second-order valence-corrected chi connectivity index (χ2v) is 6.83. The zero-order valence-electron chi connectivity index (χ0n) is 12.9. The number of non-ortho nitro benzene ring substituents is 1. The molecule has 3 aromatic rings. The first-order valence-corrected chi connectivity index (χ1v) is 9.01. The van der Waals surface area contributed by atoms with Crippen LogP contribution in [-0.4, -0.2) is 21.7 Å². The number of aromatic nitrogens is 1. The fourth-order valence-electron chi connectivity index (χ4n) is 2.31. The Bertz CT molecular complexity index is 1020. The minimum Gasteiger partial charge on any atom is -0.319 e. The minimum absolute atomic E-state index is 0.0231. The standard InChI is InChI=1S/C16H13N3O3S2/c1-18-12-8-7-10(19(21)22)9-14(12)24-16(18)17-15(20)11-5-3-4-6-13(11)23-2/h3-9H,1-2H3. The molecule has 1 heterocycles. The predicted octanol–water partition coefficient (Wildman–Crippen LogP) is 3.61. The van der Waals surface area contributed by atoms with Crippen LogP contribution in [0.25, 0.3) is 10.2 Å². The summed E-state index contributed by atoms with van der Waals surface area (Å²) in [6.07, 6.45) is 1.91. The number of carbonyl (C=O) groups excluding carboxylic acids is 1. The topological polar surface area (TPSA) is 77.5 Å². The molecule has 3 rings (SSSR count). The molecule has 0 aliphatic carbocycles. The number of nitro benzene ring substituents is 1. The lowest BCUT2D eigenvalue weighted by Crippen LogP contribution is -2.13. The summed E-state index contributed by atoms with van der Waals surface area (Å²) in [4.78, 5) is 28.5. The zero-order valence-corrected chi connectivity index (χ0v) is 14.6. The molecule has 122 valence electrons. The monoisotopic (exact) mass is 359 g/mol. The first kappa shape index (κ1) is 16.4. The van der Waals surface area contributed by atoms with Crippen LogP contribution in [0, 0.1) is 10.1 Å². The van der Waals surface area contributed by atoms with Gasteiger partial charge in [0.2, 0.25) is 0 Å². The van der Waals surface area contributed by atoms with Crippen LogP contribution in [0.2, 0.25) is 0 Å². The molecule has 0 aliphatic rings. The molecule has 0 fully saturated rings. The highest BCUT2D eigenvalue weighted by atomic mass is 32.2. The number of rotatable bonds is 3. The van der Waals surface area contributed by atoms with Crippen molar-refractivity contribution in [3.8, 4) is 0 Å². The lowest BCUT2D eigenvalue weighted by atomic mass is 10.2. The van der Waals surface area contributed by atoms with Gasteiger partial charge in [0.05, 0.1) is 20.7 Å². The number of thiazole rings is 1. The van der Waals surface area contributed by atoms with Gasteiger partial charge in [-0.15, -0.1) is 11.8 Å². The van der Waals surface area contributed by atoms with Crippen LogP contribution >= 0.6 is 23.1 Å². The third kappa shape index (κ3) is 2.98.